The maximum Gasteiger partial charge on any atom is 0.0761 e. The van der Waals surface area contributed by atoms with E-state index in [0.29, 0.717) is 6.10 Å². The molecule has 0 radical (unpaired) electrons. The molecule has 3 heteroatoms. The summed E-state index contributed by atoms with van der Waals surface area (Å²) in [5, 5.41) is 9.49. The van der Waals surface area contributed by atoms with E-state index in [2.05, 4.69) is 24.0 Å². The van der Waals surface area contributed by atoms with E-state index >= 15 is 0 Å². The van der Waals surface area contributed by atoms with Gasteiger partial charge in [0.05, 0.1) is 12.2 Å². The summed E-state index contributed by atoms with van der Waals surface area (Å²) in [6.45, 7) is 6.77. The largest absolute Gasteiger partial charge is 0.389 e. The number of nitrogens with zero attached hydrogens (tertiary/aromatic N) is 1. The monoisotopic (exact) mass is 249 g/mol. The van der Waals surface area contributed by atoms with Crippen molar-refractivity contribution in [1.29, 1.82) is 0 Å². The normalized spacial score (nSPS) is 18.9. The van der Waals surface area contributed by atoms with Crippen LogP contribution in [0.25, 0.3) is 0 Å². The lowest BCUT2D eigenvalue weighted by Gasteiger charge is -2.33. The van der Waals surface area contributed by atoms with Crippen molar-refractivity contribution in [3.63, 3.8) is 0 Å². The first-order valence-corrected chi connectivity index (χ1v) is 6.85. The fraction of sp³-hybridized carbons (Fsp3) is 0.600. The Bertz CT molecular complexity index is 353. The summed E-state index contributed by atoms with van der Waals surface area (Å²) in [4.78, 5) is 2.39. The van der Waals surface area contributed by atoms with Crippen molar-refractivity contribution in [3.05, 3.63) is 29.8 Å². The standard InChI is InChI=1S/C15H23NO2/c1-3-18-15-8-10-16(11-9-15)14-6-4-13(5-7-14)12(2)17/h4-7,12,15,17H,3,8-11H2,1-2H3/t12-/m0/s1. The van der Waals surface area contributed by atoms with Gasteiger partial charge in [0.25, 0.3) is 0 Å². The molecule has 1 N–H and O–H groups in total. The van der Waals surface area contributed by atoms with Crippen molar-refractivity contribution < 1.29 is 9.84 Å². The van der Waals surface area contributed by atoms with Crippen LogP contribution in [-0.4, -0.2) is 30.9 Å². The summed E-state index contributed by atoms with van der Waals surface area (Å²) < 4.78 is 5.66. The second-order valence-electron chi connectivity index (χ2n) is 4.91. The van der Waals surface area contributed by atoms with Crippen molar-refractivity contribution in [1.82, 2.24) is 0 Å². The summed E-state index contributed by atoms with van der Waals surface area (Å²) in [7, 11) is 0. The molecule has 1 aromatic rings. The van der Waals surface area contributed by atoms with E-state index in [-0.39, 0.29) is 6.10 Å². The number of anilines is 1. The average Bonchev–Trinajstić information content (AvgIpc) is 2.40. The first kappa shape index (κ1) is 13.4. The Hall–Kier alpha value is -1.06. The summed E-state index contributed by atoms with van der Waals surface area (Å²) in [6.07, 6.45) is 2.25. The van der Waals surface area contributed by atoms with Gasteiger partial charge in [-0.15, -0.1) is 0 Å². The molecule has 0 bridgehead atoms. The minimum atomic E-state index is -0.386. The first-order valence-electron chi connectivity index (χ1n) is 6.85. The molecule has 100 valence electrons. The zero-order chi connectivity index (χ0) is 13.0. The van der Waals surface area contributed by atoms with Crippen molar-refractivity contribution in [3.8, 4) is 0 Å². The summed E-state index contributed by atoms with van der Waals surface area (Å²) in [5.74, 6) is 0. The number of aliphatic hydroxyl groups is 1. The predicted octanol–water partition coefficient (Wildman–Crippen LogP) is 2.75. The van der Waals surface area contributed by atoms with Crippen LogP contribution in [-0.2, 0) is 4.74 Å². The minimum Gasteiger partial charge on any atom is -0.389 e. The Balaban J connectivity index is 1.93. The van der Waals surface area contributed by atoms with Gasteiger partial charge in [-0.05, 0) is 44.4 Å². The van der Waals surface area contributed by atoms with Gasteiger partial charge < -0.3 is 14.7 Å². The van der Waals surface area contributed by atoms with Crippen LogP contribution in [0.3, 0.4) is 0 Å². The third-order valence-corrected chi connectivity index (χ3v) is 3.58. The van der Waals surface area contributed by atoms with Gasteiger partial charge >= 0.3 is 0 Å². The molecule has 3 nitrogen and oxygen atoms in total. The Kier molecular flexibility index (Phi) is 4.61. The Labute approximate surface area is 109 Å². The molecule has 1 aromatic carbocycles. The van der Waals surface area contributed by atoms with Crippen LogP contribution in [0.2, 0.25) is 0 Å². The molecule has 0 amide bonds. The summed E-state index contributed by atoms with van der Waals surface area (Å²) in [6, 6.07) is 8.22. The predicted molar refractivity (Wildman–Crippen MR) is 73.9 cm³/mol. The molecule has 1 aliphatic heterocycles. The van der Waals surface area contributed by atoms with Crippen LogP contribution in [0.5, 0.6) is 0 Å². The topological polar surface area (TPSA) is 32.7 Å². The molecule has 1 heterocycles. The Morgan fingerprint density at radius 2 is 1.89 bits per heavy atom. The van der Waals surface area contributed by atoms with Gasteiger partial charge in [0.1, 0.15) is 0 Å². The van der Waals surface area contributed by atoms with E-state index in [1.807, 2.05) is 12.1 Å². The molecule has 0 aromatic heterocycles. The zero-order valence-corrected chi connectivity index (χ0v) is 11.3. The Morgan fingerprint density at radius 3 is 2.39 bits per heavy atom. The number of hydrogen-bond donors (Lipinski definition) is 1. The highest BCUT2D eigenvalue weighted by molar-refractivity contribution is 5.48. The van der Waals surface area contributed by atoms with Gasteiger partial charge in [0.15, 0.2) is 0 Å². The molecule has 18 heavy (non-hydrogen) atoms. The molecular weight excluding hydrogens is 226 g/mol. The molecule has 1 atom stereocenters. The number of aliphatic hydroxyl groups excluding tert-OH is 1. The first-order chi connectivity index (χ1) is 8.70. The Morgan fingerprint density at radius 1 is 1.28 bits per heavy atom. The van der Waals surface area contributed by atoms with E-state index in [1.54, 1.807) is 6.92 Å². The van der Waals surface area contributed by atoms with Crippen molar-refractivity contribution in [2.75, 3.05) is 24.6 Å². The molecule has 2 rings (SSSR count). The third kappa shape index (κ3) is 3.24. The van der Waals surface area contributed by atoms with Crippen molar-refractivity contribution in [2.24, 2.45) is 0 Å². The van der Waals surface area contributed by atoms with E-state index in [4.69, 9.17) is 4.74 Å². The van der Waals surface area contributed by atoms with Crippen molar-refractivity contribution in [2.45, 2.75) is 38.9 Å². The van der Waals surface area contributed by atoms with Crippen LogP contribution >= 0.6 is 0 Å². The number of benzene rings is 1. The van der Waals surface area contributed by atoms with Crippen molar-refractivity contribution >= 4 is 5.69 Å². The van der Waals surface area contributed by atoms with Gasteiger partial charge in [-0.25, -0.2) is 0 Å². The van der Waals surface area contributed by atoms with E-state index in [9.17, 15) is 5.11 Å². The smallest absolute Gasteiger partial charge is 0.0761 e. The molecule has 0 saturated carbocycles. The maximum atomic E-state index is 9.49. The number of rotatable bonds is 4. The molecular formula is C15H23NO2. The fourth-order valence-electron chi connectivity index (χ4n) is 2.48. The molecule has 1 saturated heterocycles. The molecule has 0 spiro atoms. The highest BCUT2D eigenvalue weighted by Crippen LogP contribution is 2.23. The van der Waals surface area contributed by atoms with Crippen LogP contribution in [0.4, 0.5) is 5.69 Å². The molecule has 0 unspecified atom stereocenters. The van der Waals surface area contributed by atoms with Gasteiger partial charge in [0, 0.05) is 25.4 Å². The van der Waals surface area contributed by atoms with Crippen LogP contribution in [0.1, 0.15) is 38.4 Å². The summed E-state index contributed by atoms with van der Waals surface area (Å²) >= 11 is 0. The highest BCUT2D eigenvalue weighted by atomic mass is 16.5. The van der Waals surface area contributed by atoms with Gasteiger partial charge in [-0.3, -0.25) is 0 Å². The lowest BCUT2D eigenvalue weighted by atomic mass is 10.1. The second kappa shape index (κ2) is 6.21. The number of hydrogen-bond acceptors (Lipinski definition) is 3. The minimum absolute atomic E-state index is 0.386. The van der Waals surface area contributed by atoms with Crippen LogP contribution in [0.15, 0.2) is 24.3 Å². The zero-order valence-electron chi connectivity index (χ0n) is 11.3. The number of piperidine rings is 1. The van der Waals surface area contributed by atoms with Gasteiger partial charge in [-0.2, -0.15) is 0 Å². The SMILES string of the molecule is CCOC1CCN(c2ccc([C@H](C)O)cc2)CC1. The molecule has 0 aliphatic carbocycles. The molecule has 1 aliphatic rings. The lowest BCUT2D eigenvalue weighted by molar-refractivity contribution is 0.0459. The second-order valence-corrected chi connectivity index (χ2v) is 4.91. The van der Waals surface area contributed by atoms with Crippen LogP contribution < -0.4 is 4.90 Å². The maximum absolute atomic E-state index is 9.49. The summed E-state index contributed by atoms with van der Waals surface area (Å²) in [5.41, 5.74) is 2.22. The highest BCUT2D eigenvalue weighted by Gasteiger charge is 2.19. The lowest BCUT2D eigenvalue weighted by Crippen LogP contribution is -2.37. The average molecular weight is 249 g/mol. The fourth-order valence-corrected chi connectivity index (χ4v) is 2.48. The molecule has 1 fully saturated rings. The van der Waals surface area contributed by atoms with Gasteiger partial charge in [0.2, 0.25) is 0 Å². The van der Waals surface area contributed by atoms with E-state index in [1.165, 1.54) is 5.69 Å². The number of ether oxygens (including phenoxy) is 1. The van der Waals surface area contributed by atoms with Crippen LogP contribution in [0, 0.1) is 0 Å². The third-order valence-electron chi connectivity index (χ3n) is 3.58. The van der Waals surface area contributed by atoms with E-state index < -0.39 is 0 Å². The quantitative estimate of drug-likeness (QED) is 0.890. The van der Waals surface area contributed by atoms with Gasteiger partial charge in [-0.1, -0.05) is 12.1 Å². The van der Waals surface area contributed by atoms with E-state index in [0.717, 1.165) is 38.1 Å².